The molecule has 0 bridgehead atoms. The molecule has 0 radical (unpaired) electrons. The van der Waals surface area contributed by atoms with E-state index in [0.29, 0.717) is 6.04 Å². The van der Waals surface area contributed by atoms with Crippen LogP contribution in [0.2, 0.25) is 0 Å². The van der Waals surface area contributed by atoms with Gasteiger partial charge in [0.2, 0.25) is 0 Å². The summed E-state index contributed by atoms with van der Waals surface area (Å²) in [5.41, 5.74) is 0. The van der Waals surface area contributed by atoms with E-state index in [1.807, 2.05) is 5.32 Å². The molecule has 0 aromatic heterocycles. The van der Waals surface area contributed by atoms with Crippen LogP contribution in [0, 0.1) is 0 Å². The highest BCUT2D eigenvalue weighted by molar-refractivity contribution is 5.74. The number of nitrogens with zero attached hydrogens (tertiary/aromatic N) is 2. The number of alkyl halides is 3. The maximum Gasteiger partial charge on any atom is 0.405 e. The third kappa shape index (κ3) is 4.89. The summed E-state index contributed by atoms with van der Waals surface area (Å²) in [6.07, 6.45) is -2.77. The van der Waals surface area contributed by atoms with Gasteiger partial charge in [-0.3, -0.25) is 0 Å². The molecule has 2 atom stereocenters. The van der Waals surface area contributed by atoms with E-state index >= 15 is 0 Å². The van der Waals surface area contributed by atoms with Crippen LogP contribution in [0.15, 0.2) is 0 Å². The SMILES string of the molecule is CCN1CC[C@@H](N(C)C(=O)NCC(F)(F)F)C[C@@H]1C. The van der Waals surface area contributed by atoms with Gasteiger partial charge >= 0.3 is 12.2 Å². The fourth-order valence-electron chi connectivity index (χ4n) is 2.48. The molecule has 1 fully saturated rings. The maximum absolute atomic E-state index is 12.0. The van der Waals surface area contributed by atoms with E-state index in [2.05, 4.69) is 18.7 Å². The van der Waals surface area contributed by atoms with E-state index in [1.165, 1.54) is 4.90 Å². The van der Waals surface area contributed by atoms with E-state index in [0.717, 1.165) is 25.9 Å². The van der Waals surface area contributed by atoms with Crippen LogP contribution in [-0.4, -0.2) is 60.8 Å². The summed E-state index contributed by atoms with van der Waals surface area (Å²) >= 11 is 0. The van der Waals surface area contributed by atoms with E-state index in [4.69, 9.17) is 0 Å². The molecule has 1 N–H and O–H groups in total. The van der Waals surface area contributed by atoms with Gasteiger partial charge in [0, 0.05) is 25.7 Å². The zero-order valence-corrected chi connectivity index (χ0v) is 11.6. The Morgan fingerprint density at radius 1 is 1.47 bits per heavy atom. The lowest BCUT2D eigenvalue weighted by molar-refractivity contribution is -0.123. The highest BCUT2D eigenvalue weighted by atomic mass is 19.4. The van der Waals surface area contributed by atoms with E-state index < -0.39 is 18.8 Å². The van der Waals surface area contributed by atoms with Gasteiger partial charge in [-0.1, -0.05) is 6.92 Å². The molecule has 7 heteroatoms. The van der Waals surface area contributed by atoms with Crippen molar-refractivity contribution < 1.29 is 18.0 Å². The summed E-state index contributed by atoms with van der Waals surface area (Å²) in [7, 11) is 1.56. The predicted octanol–water partition coefficient (Wildman–Crippen LogP) is 2.06. The Kier molecular flexibility index (Phi) is 5.46. The molecule has 1 rings (SSSR count). The second-order valence-corrected chi connectivity index (χ2v) is 5.04. The fourth-order valence-corrected chi connectivity index (χ4v) is 2.48. The number of piperidine rings is 1. The smallest absolute Gasteiger partial charge is 0.329 e. The number of halogens is 3. The van der Waals surface area contributed by atoms with Gasteiger partial charge in [0.15, 0.2) is 0 Å². The molecule has 4 nitrogen and oxygen atoms in total. The second kappa shape index (κ2) is 6.45. The molecular formula is C12H22F3N3O. The minimum absolute atomic E-state index is 0.00559. The van der Waals surface area contributed by atoms with Crippen LogP contribution < -0.4 is 5.32 Å². The molecular weight excluding hydrogens is 259 g/mol. The second-order valence-electron chi connectivity index (χ2n) is 5.04. The predicted molar refractivity (Wildman–Crippen MR) is 66.9 cm³/mol. The van der Waals surface area contributed by atoms with Crippen LogP contribution >= 0.6 is 0 Å². The molecule has 2 amide bonds. The number of hydrogen-bond donors (Lipinski definition) is 1. The Labute approximate surface area is 111 Å². The van der Waals surface area contributed by atoms with Crippen LogP contribution in [0.3, 0.4) is 0 Å². The molecule has 1 aliphatic rings. The van der Waals surface area contributed by atoms with Gasteiger partial charge in [0.25, 0.3) is 0 Å². The highest BCUT2D eigenvalue weighted by Crippen LogP contribution is 2.21. The molecule has 0 saturated carbocycles. The van der Waals surface area contributed by atoms with Crippen LogP contribution in [0.5, 0.6) is 0 Å². The lowest BCUT2D eigenvalue weighted by Gasteiger charge is -2.40. The number of carbonyl (C=O) groups excluding carboxylic acids is 1. The monoisotopic (exact) mass is 281 g/mol. The van der Waals surface area contributed by atoms with Crippen molar-refractivity contribution in [3.8, 4) is 0 Å². The van der Waals surface area contributed by atoms with Crippen LogP contribution in [0.4, 0.5) is 18.0 Å². The van der Waals surface area contributed by atoms with Crippen molar-refractivity contribution in [2.24, 2.45) is 0 Å². The zero-order valence-electron chi connectivity index (χ0n) is 11.6. The Morgan fingerprint density at radius 3 is 2.58 bits per heavy atom. The van der Waals surface area contributed by atoms with Crippen molar-refractivity contribution in [2.45, 2.75) is 44.9 Å². The first-order chi connectivity index (χ1) is 8.74. The van der Waals surface area contributed by atoms with E-state index in [9.17, 15) is 18.0 Å². The van der Waals surface area contributed by atoms with Crippen LogP contribution in [0.1, 0.15) is 26.7 Å². The minimum Gasteiger partial charge on any atom is -0.329 e. The van der Waals surface area contributed by atoms with E-state index in [1.54, 1.807) is 7.05 Å². The fraction of sp³-hybridized carbons (Fsp3) is 0.917. The first kappa shape index (κ1) is 16.1. The van der Waals surface area contributed by atoms with Crippen LogP contribution in [-0.2, 0) is 0 Å². The van der Waals surface area contributed by atoms with E-state index in [-0.39, 0.29) is 6.04 Å². The van der Waals surface area contributed by atoms with Gasteiger partial charge in [-0.05, 0) is 26.3 Å². The zero-order chi connectivity index (χ0) is 14.6. The summed E-state index contributed by atoms with van der Waals surface area (Å²) in [4.78, 5) is 15.3. The van der Waals surface area contributed by atoms with Crippen molar-refractivity contribution in [3.63, 3.8) is 0 Å². The van der Waals surface area contributed by atoms with Crippen LogP contribution in [0.25, 0.3) is 0 Å². The number of rotatable bonds is 3. The Bertz CT molecular complexity index is 309. The van der Waals surface area contributed by atoms with Crippen molar-refractivity contribution in [2.75, 3.05) is 26.7 Å². The molecule has 0 aromatic carbocycles. The Morgan fingerprint density at radius 2 is 2.11 bits per heavy atom. The lowest BCUT2D eigenvalue weighted by atomic mass is 9.97. The minimum atomic E-state index is -4.37. The first-order valence-electron chi connectivity index (χ1n) is 6.56. The number of nitrogens with one attached hydrogen (secondary N) is 1. The van der Waals surface area contributed by atoms with Gasteiger partial charge in [-0.25, -0.2) is 4.79 Å². The lowest BCUT2D eigenvalue weighted by Crippen LogP contribution is -2.52. The first-order valence-corrected chi connectivity index (χ1v) is 6.56. The van der Waals surface area contributed by atoms with Gasteiger partial charge < -0.3 is 15.1 Å². The molecule has 0 aromatic rings. The Balaban J connectivity index is 2.45. The maximum atomic E-state index is 12.0. The molecule has 112 valence electrons. The Hall–Kier alpha value is -0.980. The van der Waals surface area contributed by atoms with Crippen molar-refractivity contribution in [1.29, 1.82) is 0 Å². The number of urea groups is 1. The van der Waals surface area contributed by atoms with Crippen molar-refractivity contribution in [1.82, 2.24) is 15.1 Å². The summed E-state index contributed by atoms with van der Waals surface area (Å²) < 4.78 is 36.1. The topological polar surface area (TPSA) is 35.6 Å². The summed E-state index contributed by atoms with van der Waals surface area (Å²) in [6, 6.07) is -0.299. The number of hydrogen-bond acceptors (Lipinski definition) is 2. The summed E-state index contributed by atoms with van der Waals surface area (Å²) in [6.45, 7) is 4.71. The molecule has 0 aliphatic carbocycles. The number of likely N-dealkylation sites (tertiary alicyclic amines) is 1. The molecule has 1 saturated heterocycles. The van der Waals surface area contributed by atoms with Gasteiger partial charge in [-0.15, -0.1) is 0 Å². The number of carbonyl (C=O) groups is 1. The van der Waals surface area contributed by atoms with Crippen molar-refractivity contribution >= 4 is 6.03 Å². The quantitative estimate of drug-likeness (QED) is 0.859. The van der Waals surface area contributed by atoms with Gasteiger partial charge in [-0.2, -0.15) is 13.2 Å². The summed E-state index contributed by atoms with van der Waals surface area (Å²) in [5.74, 6) is 0. The molecule has 0 unspecified atom stereocenters. The standard InChI is InChI=1S/C12H22F3N3O/c1-4-18-6-5-10(7-9(18)2)17(3)11(19)16-8-12(13,14)15/h9-10H,4-8H2,1-3H3,(H,16,19)/t9-,10+/m0/s1. The molecule has 19 heavy (non-hydrogen) atoms. The third-order valence-electron chi connectivity index (χ3n) is 3.70. The average molecular weight is 281 g/mol. The number of amides is 2. The molecule has 0 spiro atoms. The van der Waals surface area contributed by atoms with Gasteiger partial charge in [0.05, 0.1) is 0 Å². The van der Waals surface area contributed by atoms with Crippen molar-refractivity contribution in [3.05, 3.63) is 0 Å². The normalized spacial score (nSPS) is 25.2. The summed E-state index contributed by atoms with van der Waals surface area (Å²) in [5, 5.41) is 1.91. The highest BCUT2D eigenvalue weighted by Gasteiger charge is 2.32. The average Bonchev–Trinajstić information content (AvgIpc) is 2.34. The van der Waals surface area contributed by atoms with Gasteiger partial charge in [0.1, 0.15) is 6.54 Å². The largest absolute Gasteiger partial charge is 0.405 e. The third-order valence-corrected chi connectivity index (χ3v) is 3.70. The molecule has 1 heterocycles. The molecule has 1 aliphatic heterocycles.